The van der Waals surface area contributed by atoms with Gasteiger partial charge in [0.15, 0.2) is 5.11 Å². The van der Waals surface area contributed by atoms with Gasteiger partial charge in [-0.05, 0) is 38.2 Å². The SMILES string of the molecule is CCn1cc(CNC(=S)Nc2ccccc2Cl)c(C)n1. The fourth-order valence-electron chi connectivity index (χ4n) is 1.80. The predicted octanol–water partition coefficient (Wildman–Crippen LogP) is 3.35. The highest BCUT2D eigenvalue weighted by molar-refractivity contribution is 7.80. The summed E-state index contributed by atoms with van der Waals surface area (Å²) in [5, 5.41) is 11.8. The van der Waals surface area contributed by atoms with Crippen molar-refractivity contribution in [3.05, 3.63) is 46.7 Å². The van der Waals surface area contributed by atoms with E-state index < -0.39 is 0 Å². The average molecular weight is 309 g/mol. The highest BCUT2D eigenvalue weighted by Crippen LogP contribution is 2.20. The summed E-state index contributed by atoms with van der Waals surface area (Å²) < 4.78 is 1.91. The van der Waals surface area contributed by atoms with Crippen molar-refractivity contribution in [2.45, 2.75) is 26.9 Å². The fraction of sp³-hybridized carbons (Fsp3) is 0.286. The molecule has 0 spiro atoms. The van der Waals surface area contributed by atoms with E-state index in [1.165, 1.54) is 0 Å². The Morgan fingerprint density at radius 3 is 2.80 bits per heavy atom. The van der Waals surface area contributed by atoms with Gasteiger partial charge in [-0.15, -0.1) is 0 Å². The zero-order valence-corrected chi connectivity index (χ0v) is 13.1. The summed E-state index contributed by atoms with van der Waals surface area (Å²) >= 11 is 11.3. The van der Waals surface area contributed by atoms with Crippen LogP contribution in [0.1, 0.15) is 18.2 Å². The van der Waals surface area contributed by atoms with Crippen molar-refractivity contribution in [2.75, 3.05) is 5.32 Å². The number of aryl methyl sites for hydroxylation is 2. The summed E-state index contributed by atoms with van der Waals surface area (Å²) in [5.74, 6) is 0. The number of nitrogens with one attached hydrogen (secondary N) is 2. The van der Waals surface area contributed by atoms with E-state index in [-0.39, 0.29) is 0 Å². The van der Waals surface area contributed by atoms with Crippen LogP contribution in [0.2, 0.25) is 5.02 Å². The van der Waals surface area contributed by atoms with Crippen molar-refractivity contribution >= 4 is 34.6 Å². The molecule has 0 saturated heterocycles. The molecule has 0 aliphatic carbocycles. The molecule has 20 heavy (non-hydrogen) atoms. The van der Waals surface area contributed by atoms with Crippen LogP contribution in [0.5, 0.6) is 0 Å². The van der Waals surface area contributed by atoms with Crippen LogP contribution in [0.15, 0.2) is 30.5 Å². The van der Waals surface area contributed by atoms with Crippen LogP contribution in [-0.2, 0) is 13.1 Å². The maximum Gasteiger partial charge on any atom is 0.171 e. The molecule has 0 atom stereocenters. The van der Waals surface area contributed by atoms with Crippen LogP contribution in [0, 0.1) is 6.92 Å². The average Bonchev–Trinajstić information content (AvgIpc) is 2.80. The van der Waals surface area contributed by atoms with Gasteiger partial charge in [-0.25, -0.2) is 0 Å². The second-order valence-corrected chi connectivity index (χ2v) is 5.20. The Labute approximate surface area is 129 Å². The lowest BCUT2D eigenvalue weighted by atomic mass is 10.3. The molecule has 1 aromatic carbocycles. The third-order valence-electron chi connectivity index (χ3n) is 2.93. The number of para-hydroxylation sites is 1. The second kappa shape index (κ2) is 6.72. The Morgan fingerprint density at radius 2 is 2.15 bits per heavy atom. The lowest BCUT2D eigenvalue weighted by Gasteiger charge is -2.11. The number of benzene rings is 1. The van der Waals surface area contributed by atoms with E-state index in [9.17, 15) is 0 Å². The minimum atomic E-state index is 0.543. The number of nitrogens with zero attached hydrogens (tertiary/aromatic N) is 2. The van der Waals surface area contributed by atoms with Crippen molar-refractivity contribution < 1.29 is 0 Å². The summed E-state index contributed by atoms with van der Waals surface area (Å²) in [6.07, 6.45) is 2.03. The molecule has 1 aromatic heterocycles. The van der Waals surface area contributed by atoms with E-state index in [0.29, 0.717) is 16.7 Å². The molecule has 0 bridgehead atoms. The van der Waals surface area contributed by atoms with Gasteiger partial charge in [0.2, 0.25) is 0 Å². The molecule has 1 heterocycles. The van der Waals surface area contributed by atoms with Gasteiger partial charge in [0.1, 0.15) is 0 Å². The maximum atomic E-state index is 6.07. The lowest BCUT2D eigenvalue weighted by Crippen LogP contribution is -2.28. The third-order valence-corrected chi connectivity index (χ3v) is 3.51. The summed E-state index contributed by atoms with van der Waals surface area (Å²) in [6.45, 7) is 5.56. The molecule has 6 heteroatoms. The fourth-order valence-corrected chi connectivity index (χ4v) is 2.16. The smallest absolute Gasteiger partial charge is 0.171 e. The molecule has 2 aromatic rings. The maximum absolute atomic E-state index is 6.07. The summed E-state index contributed by atoms with van der Waals surface area (Å²) in [5.41, 5.74) is 2.95. The normalized spacial score (nSPS) is 10.3. The molecule has 2 rings (SSSR count). The number of halogens is 1. The standard InChI is InChI=1S/C14H17ClN4S/c1-3-19-9-11(10(2)18-19)8-16-14(20)17-13-7-5-4-6-12(13)15/h4-7,9H,3,8H2,1-2H3,(H2,16,17,20). The summed E-state index contributed by atoms with van der Waals surface area (Å²) in [4.78, 5) is 0. The van der Waals surface area contributed by atoms with E-state index in [1.807, 2.05) is 42.1 Å². The zero-order valence-electron chi connectivity index (χ0n) is 11.5. The van der Waals surface area contributed by atoms with Gasteiger partial charge in [-0.3, -0.25) is 4.68 Å². The Kier molecular flexibility index (Phi) is 4.98. The number of anilines is 1. The van der Waals surface area contributed by atoms with Crippen LogP contribution in [0.4, 0.5) is 5.69 Å². The van der Waals surface area contributed by atoms with Gasteiger partial charge in [-0.1, -0.05) is 23.7 Å². The molecule has 2 N–H and O–H groups in total. The monoisotopic (exact) mass is 308 g/mol. The van der Waals surface area contributed by atoms with Gasteiger partial charge in [0, 0.05) is 24.8 Å². The van der Waals surface area contributed by atoms with Crippen LogP contribution in [-0.4, -0.2) is 14.9 Å². The molecular weight excluding hydrogens is 292 g/mol. The minimum absolute atomic E-state index is 0.543. The molecule has 4 nitrogen and oxygen atoms in total. The Morgan fingerprint density at radius 1 is 1.40 bits per heavy atom. The van der Waals surface area contributed by atoms with E-state index in [1.54, 1.807) is 0 Å². The first kappa shape index (κ1) is 14.8. The van der Waals surface area contributed by atoms with Crippen molar-refractivity contribution in [3.63, 3.8) is 0 Å². The molecule has 0 aliphatic rings. The molecule has 0 radical (unpaired) electrons. The highest BCUT2D eigenvalue weighted by atomic mass is 35.5. The van der Waals surface area contributed by atoms with Gasteiger partial charge < -0.3 is 10.6 Å². The quantitative estimate of drug-likeness (QED) is 0.850. The summed E-state index contributed by atoms with van der Waals surface area (Å²) in [7, 11) is 0. The number of thiocarbonyl (C=S) groups is 1. The number of aromatic nitrogens is 2. The van der Waals surface area contributed by atoms with Crippen LogP contribution >= 0.6 is 23.8 Å². The molecule has 0 unspecified atom stereocenters. The van der Waals surface area contributed by atoms with Crippen molar-refractivity contribution in [1.29, 1.82) is 0 Å². The third kappa shape index (κ3) is 3.71. The Hall–Kier alpha value is -1.59. The predicted molar refractivity (Wildman–Crippen MR) is 87.2 cm³/mol. The van der Waals surface area contributed by atoms with Crippen LogP contribution < -0.4 is 10.6 Å². The Bertz CT molecular complexity index is 609. The van der Waals surface area contributed by atoms with E-state index >= 15 is 0 Å². The van der Waals surface area contributed by atoms with Crippen LogP contribution in [0.3, 0.4) is 0 Å². The first-order valence-electron chi connectivity index (χ1n) is 6.42. The van der Waals surface area contributed by atoms with Crippen molar-refractivity contribution in [2.24, 2.45) is 0 Å². The first-order valence-corrected chi connectivity index (χ1v) is 7.21. The zero-order chi connectivity index (χ0) is 14.5. The van der Waals surface area contributed by atoms with Gasteiger partial charge >= 0.3 is 0 Å². The number of hydrogen-bond acceptors (Lipinski definition) is 2. The lowest BCUT2D eigenvalue weighted by molar-refractivity contribution is 0.653. The van der Waals surface area contributed by atoms with Gasteiger partial charge in [-0.2, -0.15) is 5.10 Å². The van der Waals surface area contributed by atoms with Crippen LogP contribution in [0.25, 0.3) is 0 Å². The molecule has 0 fully saturated rings. The topological polar surface area (TPSA) is 41.9 Å². The van der Waals surface area contributed by atoms with Gasteiger partial charge in [0.25, 0.3) is 0 Å². The number of hydrogen-bond donors (Lipinski definition) is 2. The van der Waals surface area contributed by atoms with E-state index in [2.05, 4.69) is 22.7 Å². The van der Waals surface area contributed by atoms with Crippen molar-refractivity contribution in [1.82, 2.24) is 15.1 Å². The molecular formula is C14H17ClN4S. The van der Waals surface area contributed by atoms with E-state index in [0.717, 1.165) is 23.5 Å². The van der Waals surface area contributed by atoms with Gasteiger partial charge in [0.05, 0.1) is 16.4 Å². The number of rotatable bonds is 4. The molecule has 0 aliphatic heterocycles. The molecule has 0 amide bonds. The molecule has 0 saturated carbocycles. The van der Waals surface area contributed by atoms with E-state index in [4.69, 9.17) is 23.8 Å². The molecule has 106 valence electrons. The summed E-state index contributed by atoms with van der Waals surface area (Å²) in [6, 6.07) is 7.50. The first-order chi connectivity index (χ1) is 9.60. The largest absolute Gasteiger partial charge is 0.358 e. The second-order valence-electron chi connectivity index (χ2n) is 4.38. The van der Waals surface area contributed by atoms with Crippen molar-refractivity contribution in [3.8, 4) is 0 Å². The highest BCUT2D eigenvalue weighted by Gasteiger charge is 2.05. The Balaban J connectivity index is 1.92. The minimum Gasteiger partial charge on any atom is -0.358 e.